The monoisotopic (exact) mass is 615 g/mol. The molecule has 216 valence electrons. The Balaban J connectivity index is 1.41. The van der Waals surface area contributed by atoms with E-state index in [0.717, 1.165) is 59.5 Å². The highest BCUT2D eigenvalue weighted by atomic mass is 35.5. The summed E-state index contributed by atoms with van der Waals surface area (Å²) in [5.41, 5.74) is 4.41. The fourth-order valence-electron chi connectivity index (χ4n) is 4.89. The molecule has 0 aliphatic carbocycles. The van der Waals surface area contributed by atoms with E-state index in [0.29, 0.717) is 33.3 Å². The van der Waals surface area contributed by atoms with E-state index in [2.05, 4.69) is 13.8 Å². The van der Waals surface area contributed by atoms with Crippen LogP contribution >= 0.6 is 35.6 Å². The molecule has 1 amide bonds. The summed E-state index contributed by atoms with van der Waals surface area (Å²) >= 11 is 13.3. The fourth-order valence-corrected chi connectivity index (χ4v) is 6.35. The number of thioether (sulfide) groups is 1. The Labute approximate surface area is 262 Å². The molecule has 1 saturated heterocycles. The van der Waals surface area contributed by atoms with Crippen LogP contribution < -0.4 is 4.74 Å². The Morgan fingerprint density at radius 3 is 2.48 bits per heavy atom. The number of ether oxygens (including phenoxy) is 1. The highest BCUT2D eigenvalue weighted by Gasteiger charge is 2.33. The van der Waals surface area contributed by atoms with E-state index in [1.54, 1.807) is 4.90 Å². The zero-order chi connectivity index (χ0) is 29.5. The second kappa shape index (κ2) is 14.2. The molecule has 1 aliphatic rings. The lowest BCUT2D eigenvalue weighted by Gasteiger charge is -2.21. The zero-order valence-corrected chi connectivity index (χ0v) is 26.2. The predicted octanol–water partition coefficient (Wildman–Crippen LogP) is 9.19. The maximum atomic E-state index is 13.5. The molecular formula is C34H34ClN3O2S2. The second-order valence-corrected chi connectivity index (χ2v) is 12.4. The number of carbonyl (C=O) groups excluding carboxylic acids is 1. The zero-order valence-electron chi connectivity index (χ0n) is 23.8. The van der Waals surface area contributed by atoms with E-state index in [9.17, 15) is 4.79 Å². The number of halogens is 1. The van der Waals surface area contributed by atoms with Crippen LogP contribution in [-0.4, -0.2) is 31.5 Å². The van der Waals surface area contributed by atoms with E-state index >= 15 is 0 Å². The summed E-state index contributed by atoms with van der Waals surface area (Å²) in [6.45, 7) is 5.44. The van der Waals surface area contributed by atoms with Crippen molar-refractivity contribution in [1.82, 2.24) is 14.7 Å². The van der Waals surface area contributed by atoms with Gasteiger partial charge in [-0.3, -0.25) is 9.69 Å². The molecule has 1 aromatic heterocycles. The Morgan fingerprint density at radius 1 is 1.02 bits per heavy atom. The smallest absolute Gasteiger partial charge is 0.266 e. The third-order valence-corrected chi connectivity index (χ3v) is 9.13. The van der Waals surface area contributed by atoms with Crippen LogP contribution in [-0.2, 0) is 11.4 Å². The predicted molar refractivity (Wildman–Crippen MR) is 178 cm³/mol. The lowest BCUT2D eigenvalue weighted by atomic mass is 9.99. The second-order valence-electron chi connectivity index (χ2n) is 10.3. The number of hydrogen-bond acceptors (Lipinski definition) is 5. The summed E-state index contributed by atoms with van der Waals surface area (Å²) in [6.07, 6.45) is 8.34. The number of rotatable bonds is 12. The molecule has 1 atom stereocenters. The first-order valence-corrected chi connectivity index (χ1v) is 15.9. The van der Waals surface area contributed by atoms with Crippen LogP contribution in [0.2, 0.25) is 5.02 Å². The summed E-state index contributed by atoms with van der Waals surface area (Å²) in [5, 5.41) is 5.62. The van der Waals surface area contributed by atoms with Gasteiger partial charge < -0.3 is 4.74 Å². The number of benzene rings is 3. The van der Waals surface area contributed by atoms with Gasteiger partial charge in [0.25, 0.3) is 5.91 Å². The van der Waals surface area contributed by atoms with Crippen molar-refractivity contribution in [2.75, 3.05) is 6.54 Å². The lowest BCUT2D eigenvalue weighted by Crippen LogP contribution is -2.33. The van der Waals surface area contributed by atoms with Crippen molar-refractivity contribution in [3.63, 3.8) is 0 Å². The average Bonchev–Trinajstić information content (AvgIpc) is 3.55. The maximum absolute atomic E-state index is 13.5. The molecule has 42 heavy (non-hydrogen) atoms. The van der Waals surface area contributed by atoms with Crippen LogP contribution in [0.5, 0.6) is 5.75 Å². The molecule has 0 saturated carbocycles. The average molecular weight is 616 g/mol. The van der Waals surface area contributed by atoms with Gasteiger partial charge in [-0.05, 0) is 60.9 Å². The SMILES string of the molecule is CCCC[C@@H](CC)CN1C(=O)/C(=C/c2cn(-c3ccccc3)nc2-c2ccc(OCc3ccccc3Cl)cc2)SC1=S. The van der Waals surface area contributed by atoms with Crippen molar-refractivity contribution in [3.8, 4) is 22.7 Å². The van der Waals surface area contributed by atoms with Crippen LogP contribution in [0, 0.1) is 5.92 Å². The molecule has 0 radical (unpaired) electrons. The minimum absolute atomic E-state index is 0.0262. The first-order valence-electron chi connectivity index (χ1n) is 14.3. The molecule has 1 fully saturated rings. The summed E-state index contributed by atoms with van der Waals surface area (Å²) in [4.78, 5) is 15.9. The number of nitrogens with zero attached hydrogens (tertiary/aromatic N) is 3. The number of amides is 1. The van der Waals surface area contributed by atoms with Crippen molar-refractivity contribution in [2.24, 2.45) is 5.92 Å². The van der Waals surface area contributed by atoms with Gasteiger partial charge in [-0.25, -0.2) is 4.68 Å². The molecule has 0 bridgehead atoms. The van der Waals surface area contributed by atoms with Crippen LogP contribution in [0.15, 0.2) is 90.0 Å². The molecule has 1 aliphatic heterocycles. The summed E-state index contributed by atoms with van der Waals surface area (Å²) in [7, 11) is 0. The van der Waals surface area contributed by atoms with Gasteiger partial charge in [0.1, 0.15) is 16.7 Å². The van der Waals surface area contributed by atoms with E-state index in [-0.39, 0.29) is 5.91 Å². The number of para-hydroxylation sites is 1. The van der Waals surface area contributed by atoms with Crippen LogP contribution in [0.3, 0.4) is 0 Å². The van der Waals surface area contributed by atoms with Crippen molar-refractivity contribution >= 4 is 51.9 Å². The largest absolute Gasteiger partial charge is 0.489 e. The molecule has 3 aromatic carbocycles. The van der Waals surface area contributed by atoms with E-state index in [1.165, 1.54) is 11.8 Å². The minimum atomic E-state index is -0.0262. The summed E-state index contributed by atoms with van der Waals surface area (Å²) in [5.74, 6) is 1.15. The van der Waals surface area contributed by atoms with Crippen molar-refractivity contribution in [2.45, 2.75) is 46.1 Å². The fraction of sp³-hybridized carbons (Fsp3) is 0.265. The first-order chi connectivity index (χ1) is 20.5. The molecule has 8 heteroatoms. The Hall–Kier alpha value is -3.39. The number of unbranched alkanes of at least 4 members (excludes halogenated alkanes) is 1. The topological polar surface area (TPSA) is 47.4 Å². The van der Waals surface area contributed by atoms with Gasteiger partial charge in [-0.1, -0.05) is 105 Å². The van der Waals surface area contributed by atoms with Crippen molar-refractivity contribution < 1.29 is 9.53 Å². The van der Waals surface area contributed by atoms with Gasteiger partial charge in [-0.2, -0.15) is 5.10 Å². The summed E-state index contributed by atoms with van der Waals surface area (Å²) in [6, 6.07) is 25.4. The molecule has 0 unspecified atom stereocenters. The van der Waals surface area contributed by atoms with Crippen LogP contribution in [0.1, 0.15) is 50.7 Å². The van der Waals surface area contributed by atoms with Gasteiger partial charge in [0.2, 0.25) is 0 Å². The van der Waals surface area contributed by atoms with Gasteiger partial charge in [0.05, 0.1) is 16.3 Å². The molecular weight excluding hydrogens is 582 g/mol. The highest BCUT2D eigenvalue weighted by molar-refractivity contribution is 8.26. The third kappa shape index (κ3) is 7.14. The molecule has 5 nitrogen and oxygen atoms in total. The van der Waals surface area contributed by atoms with Crippen molar-refractivity contribution in [3.05, 3.63) is 106 Å². The van der Waals surface area contributed by atoms with Gasteiger partial charge >= 0.3 is 0 Å². The molecule has 2 heterocycles. The van der Waals surface area contributed by atoms with Crippen LogP contribution in [0.25, 0.3) is 23.0 Å². The van der Waals surface area contributed by atoms with Crippen molar-refractivity contribution in [1.29, 1.82) is 0 Å². The highest BCUT2D eigenvalue weighted by Crippen LogP contribution is 2.36. The van der Waals surface area contributed by atoms with E-state index in [4.69, 9.17) is 33.7 Å². The first kappa shape index (κ1) is 30.1. The van der Waals surface area contributed by atoms with Crippen LogP contribution in [0.4, 0.5) is 0 Å². The number of aromatic nitrogens is 2. The summed E-state index contributed by atoms with van der Waals surface area (Å²) < 4.78 is 8.46. The minimum Gasteiger partial charge on any atom is -0.489 e. The maximum Gasteiger partial charge on any atom is 0.266 e. The van der Waals surface area contributed by atoms with Gasteiger partial charge in [-0.15, -0.1) is 0 Å². The standard InChI is InChI=1S/C34H34ClN3O2S2/c1-3-5-11-24(4-2)21-37-33(39)31(42-34(37)41)20-27-22-38(28-13-7-6-8-14-28)36-32(27)25-16-18-29(19-17-25)40-23-26-12-9-10-15-30(26)35/h6-10,12-20,22,24H,3-5,11,21,23H2,1-2H3/b31-20-/t24-/m1/s1. The molecule has 0 spiro atoms. The quantitative estimate of drug-likeness (QED) is 0.117. The normalized spacial score (nSPS) is 15.0. The Kier molecular flexibility index (Phi) is 10.2. The number of carbonyl (C=O) groups is 1. The van der Waals surface area contributed by atoms with Gasteiger partial charge in [0.15, 0.2) is 0 Å². The Bertz CT molecular complexity index is 1570. The number of hydrogen-bond donors (Lipinski definition) is 0. The third-order valence-electron chi connectivity index (χ3n) is 7.39. The molecule has 4 aromatic rings. The Morgan fingerprint density at radius 2 is 1.76 bits per heavy atom. The number of thiocarbonyl (C=S) groups is 1. The molecule has 5 rings (SSSR count). The lowest BCUT2D eigenvalue weighted by molar-refractivity contribution is -0.122. The van der Waals surface area contributed by atoms with E-state index < -0.39 is 0 Å². The van der Waals surface area contributed by atoms with Gasteiger partial charge in [0, 0.05) is 34.5 Å². The molecule has 0 N–H and O–H groups in total. The van der Waals surface area contributed by atoms with E-state index in [1.807, 2.05) is 95.8 Å².